The summed E-state index contributed by atoms with van der Waals surface area (Å²) in [6.45, 7) is 3.33. The van der Waals surface area contributed by atoms with E-state index in [0.717, 1.165) is 4.90 Å². The first-order valence-corrected chi connectivity index (χ1v) is 8.51. The minimum Gasteiger partial charge on any atom is -0.493 e. The van der Waals surface area contributed by atoms with Crippen molar-refractivity contribution in [3.8, 4) is 11.5 Å². The third-order valence-corrected chi connectivity index (χ3v) is 3.98. The summed E-state index contributed by atoms with van der Waals surface area (Å²) < 4.78 is 16.2. The highest BCUT2D eigenvalue weighted by Crippen LogP contribution is 2.38. The predicted molar refractivity (Wildman–Crippen MR) is 96.7 cm³/mol. The molecule has 1 aliphatic rings. The number of amides is 3. The number of ether oxygens (including phenoxy) is 3. The number of carbonyl (C=O) groups excluding carboxylic acids is 3. The van der Waals surface area contributed by atoms with Crippen LogP contribution in [0.1, 0.15) is 19.4 Å². The van der Waals surface area contributed by atoms with Crippen molar-refractivity contribution in [1.29, 1.82) is 0 Å². The summed E-state index contributed by atoms with van der Waals surface area (Å²) in [5, 5.41) is 2.44. The first-order valence-electron chi connectivity index (χ1n) is 7.72. The molecule has 9 heteroatoms. The summed E-state index contributed by atoms with van der Waals surface area (Å²) >= 11 is 3.42. The van der Waals surface area contributed by atoms with Gasteiger partial charge < -0.3 is 19.5 Å². The highest BCUT2D eigenvalue weighted by molar-refractivity contribution is 9.10. The second-order valence-corrected chi connectivity index (χ2v) is 6.51. The van der Waals surface area contributed by atoms with Gasteiger partial charge in [0.1, 0.15) is 12.2 Å². The SMILES string of the molecule is COC(=O)CN1C(=O)N/C(=C/c2cc(Br)c(OC(C)C)c(OC)c2)C1=O. The number of rotatable bonds is 6. The van der Waals surface area contributed by atoms with Crippen LogP contribution in [-0.2, 0) is 14.3 Å². The standard InChI is InChI=1S/C17H19BrN2O6/c1-9(2)26-15-11(18)5-10(7-13(15)24-3)6-12-16(22)20(17(23)19-12)8-14(21)25-4/h5-7,9H,8H2,1-4H3,(H,19,23)/b12-6+. The number of halogens is 1. The molecule has 1 heterocycles. The van der Waals surface area contributed by atoms with Gasteiger partial charge in [-0.2, -0.15) is 0 Å². The molecule has 26 heavy (non-hydrogen) atoms. The molecule has 0 aliphatic carbocycles. The van der Waals surface area contributed by atoms with Crippen LogP contribution < -0.4 is 14.8 Å². The van der Waals surface area contributed by atoms with Crippen molar-refractivity contribution < 1.29 is 28.6 Å². The van der Waals surface area contributed by atoms with Gasteiger partial charge in [0, 0.05) is 0 Å². The van der Waals surface area contributed by atoms with Crippen LogP contribution >= 0.6 is 15.9 Å². The number of hydrogen-bond acceptors (Lipinski definition) is 6. The number of carbonyl (C=O) groups is 3. The van der Waals surface area contributed by atoms with Gasteiger partial charge in [-0.1, -0.05) is 0 Å². The van der Waals surface area contributed by atoms with Crippen molar-refractivity contribution in [2.24, 2.45) is 0 Å². The van der Waals surface area contributed by atoms with Gasteiger partial charge >= 0.3 is 12.0 Å². The first-order chi connectivity index (χ1) is 12.3. The van der Waals surface area contributed by atoms with Crippen LogP contribution in [-0.4, -0.2) is 49.7 Å². The van der Waals surface area contributed by atoms with Gasteiger partial charge in [0.25, 0.3) is 5.91 Å². The Labute approximate surface area is 159 Å². The van der Waals surface area contributed by atoms with Crippen molar-refractivity contribution in [2.75, 3.05) is 20.8 Å². The summed E-state index contributed by atoms with van der Waals surface area (Å²) in [6, 6.07) is 2.73. The highest BCUT2D eigenvalue weighted by Gasteiger charge is 2.35. The van der Waals surface area contributed by atoms with Crippen molar-refractivity contribution in [3.63, 3.8) is 0 Å². The lowest BCUT2D eigenvalue weighted by molar-refractivity contribution is -0.143. The zero-order chi connectivity index (χ0) is 19.4. The maximum atomic E-state index is 12.3. The van der Waals surface area contributed by atoms with Gasteiger partial charge in [0.05, 0.1) is 24.8 Å². The van der Waals surface area contributed by atoms with Gasteiger partial charge in [0.2, 0.25) is 0 Å². The largest absolute Gasteiger partial charge is 0.493 e. The van der Waals surface area contributed by atoms with E-state index >= 15 is 0 Å². The van der Waals surface area contributed by atoms with E-state index in [0.29, 0.717) is 21.5 Å². The average molecular weight is 427 g/mol. The minimum absolute atomic E-state index is 0.0467. The molecule has 0 unspecified atom stereocenters. The topological polar surface area (TPSA) is 94.2 Å². The molecule has 0 spiro atoms. The van der Waals surface area contributed by atoms with Crippen LogP contribution in [0.5, 0.6) is 11.5 Å². The number of esters is 1. The van der Waals surface area contributed by atoms with Crippen LogP contribution in [0, 0.1) is 0 Å². The van der Waals surface area contributed by atoms with E-state index in [1.165, 1.54) is 20.3 Å². The van der Waals surface area contributed by atoms with Crippen molar-refractivity contribution >= 4 is 39.9 Å². The zero-order valence-corrected chi connectivity index (χ0v) is 16.4. The number of nitrogens with one attached hydrogen (secondary N) is 1. The molecule has 1 N–H and O–H groups in total. The Bertz CT molecular complexity index is 775. The van der Waals surface area contributed by atoms with E-state index < -0.39 is 24.5 Å². The van der Waals surface area contributed by atoms with E-state index in [4.69, 9.17) is 9.47 Å². The number of methoxy groups -OCH3 is 2. The van der Waals surface area contributed by atoms with Crippen LogP contribution in [0.3, 0.4) is 0 Å². The number of imide groups is 1. The van der Waals surface area contributed by atoms with Crippen LogP contribution in [0.4, 0.5) is 4.79 Å². The monoisotopic (exact) mass is 426 g/mol. The van der Waals surface area contributed by atoms with Crippen LogP contribution in [0.25, 0.3) is 6.08 Å². The summed E-state index contributed by atoms with van der Waals surface area (Å²) in [6.07, 6.45) is 1.44. The van der Waals surface area contributed by atoms with Gasteiger partial charge in [-0.3, -0.25) is 9.59 Å². The average Bonchev–Trinajstić information content (AvgIpc) is 2.84. The molecule has 0 radical (unpaired) electrons. The lowest BCUT2D eigenvalue weighted by atomic mass is 10.1. The molecular formula is C17H19BrN2O6. The molecule has 1 fully saturated rings. The second kappa shape index (κ2) is 8.22. The van der Waals surface area contributed by atoms with Crippen molar-refractivity contribution in [1.82, 2.24) is 10.2 Å². The molecule has 0 atom stereocenters. The normalized spacial score (nSPS) is 15.5. The van der Waals surface area contributed by atoms with E-state index in [1.807, 2.05) is 13.8 Å². The molecule has 1 aromatic carbocycles. The third-order valence-electron chi connectivity index (χ3n) is 3.39. The highest BCUT2D eigenvalue weighted by atomic mass is 79.9. The molecule has 1 aliphatic heterocycles. The maximum Gasteiger partial charge on any atom is 0.329 e. The first kappa shape index (κ1) is 19.8. The maximum absolute atomic E-state index is 12.3. The van der Waals surface area contributed by atoms with E-state index in [9.17, 15) is 14.4 Å². The summed E-state index contributed by atoms with van der Waals surface area (Å²) in [5.41, 5.74) is 0.652. The molecule has 0 aromatic heterocycles. The molecule has 140 valence electrons. The Hall–Kier alpha value is -2.55. The lowest BCUT2D eigenvalue weighted by Gasteiger charge is -2.16. The van der Waals surface area contributed by atoms with Crippen molar-refractivity contribution in [3.05, 3.63) is 27.9 Å². The second-order valence-electron chi connectivity index (χ2n) is 5.66. The van der Waals surface area contributed by atoms with Crippen molar-refractivity contribution in [2.45, 2.75) is 20.0 Å². The summed E-state index contributed by atoms with van der Waals surface area (Å²) in [4.78, 5) is 36.3. The molecular weight excluding hydrogens is 408 g/mol. The molecule has 0 bridgehead atoms. The Morgan fingerprint density at radius 2 is 2.00 bits per heavy atom. The predicted octanol–water partition coefficient (Wildman–Crippen LogP) is 2.31. The third kappa shape index (κ3) is 4.34. The Kier molecular flexibility index (Phi) is 6.25. The van der Waals surface area contributed by atoms with E-state index in [1.54, 1.807) is 12.1 Å². The summed E-state index contributed by atoms with van der Waals surface area (Å²) in [5.74, 6) is -0.283. The smallest absolute Gasteiger partial charge is 0.329 e. The Balaban J connectivity index is 2.32. The van der Waals surface area contributed by atoms with E-state index in [2.05, 4.69) is 26.0 Å². The number of benzene rings is 1. The van der Waals surface area contributed by atoms with Crippen LogP contribution in [0.15, 0.2) is 22.3 Å². The quantitative estimate of drug-likeness (QED) is 0.426. The molecule has 2 rings (SSSR count). The lowest BCUT2D eigenvalue weighted by Crippen LogP contribution is -2.36. The van der Waals surface area contributed by atoms with Gasteiger partial charge in [-0.25, -0.2) is 9.69 Å². The fourth-order valence-electron chi connectivity index (χ4n) is 2.25. The molecule has 0 saturated carbocycles. The van der Waals surface area contributed by atoms with Gasteiger partial charge in [0.15, 0.2) is 11.5 Å². The molecule has 3 amide bonds. The Morgan fingerprint density at radius 3 is 2.58 bits per heavy atom. The molecule has 8 nitrogen and oxygen atoms in total. The summed E-state index contributed by atoms with van der Waals surface area (Å²) in [7, 11) is 2.69. The Morgan fingerprint density at radius 1 is 1.31 bits per heavy atom. The van der Waals surface area contributed by atoms with Gasteiger partial charge in [-0.15, -0.1) is 0 Å². The minimum atomic E-state index is -0.686. The fraction of sp³-hybridized carbons (Fsp3) is 0.353. The number of urea groups is 1. The van der Waals surface area contributed by atoms with E-state index in [-0.39, 0.29) is 11.8 Å². The van der Waals surface area contributed by atoms with Crippen LogP contribution in [0.2, 0.25) is 0 Å². The number of nitrogens with zero attached hydrogens (tertiary/aromatic N) is 1. The molecule has 1 aromatic rings. The van der Waals surface area contributed by atoms with Gasteiger partial charge in [-0.05, 0) is 53.5 Å². The zero-order valence-electron chi connectivity index (χ0n) is 14.8. The fourth-order valence-corrected chi connectivity index (χ4v) is 2.80. The molecule has 1 saturated heterocycles. The number of hydrogen-bond donors (Lipinski definition) is 1.